The van der Waals surface area contributed by atoms with Crippen LogP contribution in [0.3, 0.4) is 0 Å². The largest absolute Gasteiger partial charge is 0.508 e. The third kappa shape index (κ3) is 3.73. The van der Waals surface area contributed by atoms with Crippen LogP contribution in [0.4, 0.5) is 0 Å². The highest BCUT2D eigenvalue weighted by atomic mass is 16.6. The molecule has 0 aliphatic carbocycles. The first-order valence-corrected chi connectivity index (χ1v) is 8.27. The zero-order valence-corrected chi connectivity index (χ0v) is 13.2. The number of aliphatic hydroxyl groups excluding tert-OH is 1. The van der Waals surface area contributed by atoms with Gasteiger partial charge in [-0.25, -0.2) is 4.79 Å². The minimum atomic E-state index is -0.776. The maximum Gasteiger partial charge on any atom is 0.346 e. The number of carbonyl (C=O) groups excluding carboxylic acids is 2. The van der Waals surface area contributed by atoms with Crippen molar-refractivity contribution in [3.05, 3.63) is 11.3 Å². The van der Waals surface area contributed by atoms with Crippen molar-refractivity contribution in [1.82, 2.24) is 4.90 Å². The molecule has 1 N–H and O–H groups in total. The van der Waals surface area contributed by atoms with Crippen molar-refractivity contribution in [2.45, 2.75) is 37.9 Å². The number of hydrogen-bond acceptors (Lipinski definition) is 7. The van der Waals surface area contributed by atoms with Crippen LogP contribution < -0.4 is 0 Å². The number of aliphatic hydroxyl groups is 1. The van der Waals surface area contributed by atoms with Gasteiger partial charge in [-0.1, -0.05) is 0 Å². The van der Waals surface area contributed by atoms with Crippen LogP contribution in [0.5, 0.6) is 0 Å². The van der Waals surface area contributed by atoms with Crippen molar-refractivity contribution in [2.75, 3.05) is 39.5 Å². The van der Waals surface area contributed by atoms with E-state index in [2.05, 4.69) is 4.90 Å². The second-order valence-electron chi connectivity index (χ2n) is 6.12. The van der Waals surface area contributed by atoms with E-state index >= 15 is 0 Å². The standard InChI is InChI=1S/C16H23NO6/c18-14(11-4-2-8-22-11)13-15(19)12(23-16(13)20)3-1-5-17-6-9-21-10-7-17/h11-12,18H,1-10H2. The van der Waals surface area contributed by atoms with Crippen molar-refractivity contribution in [3.8, 4) is 0 Å². The molecule has 0 saturated carbocycles. The van der Waals surface area contributed by atoms with E-state index in [1.54, 1.807) is 0 Å². The summed E-state index contributed by atoms with van der Waals surface area (Å²) in [6.45, 7) is 4.64. The molecular formula is C16H23NO6. The lowest BCUT2D eigenvalue weighted by molar-refractivity contribution is -0.141. The number of ether oxygens (including phenoxy) is 3. The fourth-order valence-corrected chi connectivity index (χ4v) is 3.20. The Morgan fingerprint density at radius 1 is 1.22 bits per heavy atom. The van der Waals surface area contributed by atoms with Crippen LogP contribution >= 0.6 is 0 Å². The predicted molar refractivity (Wildman–Crippen MR) is 80.0 cm³/mol. The zero-order chi connectivity index (χ0) is 16.2. The molecular weight excluding hydrogens is 302 g/mol. The lowest BCUT2D eigenvalue weighted by atomic mass is 10.0. The van der Waals surface area contributed by atoms with Crippen LogP contribution in [0.25, 0.3) is 0 Å². The Morgan fingerprint density at radius 3 is 2.70 bits per heavy atom. The number of Topliss-reactive ketones (excluding diaryl/α,β-unsaturated/α-hetero) is 1. The maximum atomic E-state index is 12.3. The molecule has 0 spiro atoms. The second-order valence-corrected chi connectivity index (χ2v) is 6.12. The van der Waals surface area contributed by atoms with Gasteiger partial charge in [0.05, 0.1) is 13.2 Å². The molecule has 0 aromatic carbocycles. The van der Waals surface area contributed by atoms with Gasteiger partial charge in [0, 0.05) is 19.7 Å². The van der Waals surface area contributed by atoms with E-state index in [0.29, 0.717) is 19.4 Å². The van der Waals surface area contributed by atoms with Gasteiger partial charge in [-0.15, -0.1) is 0 Å². The Morgan fingerprint density at radius 2 is 2.00 bits per heavy atom. The summed E-state index contributed by atoms with van der Waals surface area (Å²) < 4.78 is 15.8. The van der Waals surface area contributed by atoms with Gasteiger partial charge in [0.2, 0.25) is 5.78 Å². The number of nitrogens with zero attached hydrogens (tertiary/aromatic N) is 1. The van der Waals surface area contributed by atoms with Crippen LogP contribution in [0.1, 0.15) is 25.7 Å². The molecule has 0 aromatic heterocycles. The number of rotatable bonds is 5. The van der Waals surface area contributed by atoms with Crippen LogP contribution in [0.2, 0.25) is 0 Å². The molecule has 0 radical (unpaired) electrons. The Balaban J connectivity index is 1.54. The number of esters is 1. The Hall–Kier alpha value is -1.44. The summed E-state index contributed by atoms with van der Waals surface area (Å²) in [5.41, 5.74) is -0.215. The predicted octanol–water partition coefficient (Wildman–Crippen LogP) is 0.584. The molecule has 0 bridgehead atoms. The summed E-state index contributed by atoms with van der Waals surface area (Å²) in [4.78, 5) is 26.5. The molecule has 2 atom stereocenters. The van der Waals surface area contributed by atoms with Gasteiger partial charge in [0.1, 0.15) is 17.4 Å². The number of morpholine rings is 1. The van der Waals surface area contributed by atoms with Crippen molar-refractivity contribution < 1.29 is 28.9 Å². The second kappa shape index (κ2) is 7.42. The van der Waals surface area contributed by atoms with Crippen molar-refractivity contribution in [3.63, 3.8) is 0 Å². The molecule has 3 aliphatic rings. The zero-order valence-electron chi connectivity index (χ0n) is 13.2. The van der Waals surface area contributed by atoms with Crippen molar-refractivity contribution in [2.24, 2.45) is 0 Å². The summed E-state index contributed by atoms with van der Waals surface area (Å²) in [6, 6.07) is 0. The molecule has 3 saturated heterocycles. The van der Waals surface area contributed by atoms with E-state index in [1.807, 2.05) is 0 Å². The monoisotopic (exact) mass is 325 g/mol. The molecule has 23 heavy (non-hydrogen) atoms. The summed E-state index contributed by atoms with van der Waals surface area (Å²) in [6.07, 6.45) is 1.35. The van der Waals surface area contributed by atoms with Gasteiger partial charge in [0.15, 0.2) is 6.10 Å². The van der Waals surface area contributed by atoms with Gasteiger partial charge in [-0.05, 0) is 32.2 Å². The minimum absolute atomic E-state index is 0.215. The quantitative estimate of drug-likeness (QED) is 0.342. The highest BCUT2D eigenvalue weighted by Gasteiger charge is 2.42. The topological polar surface area (TPSA) is 85.3 Å². The van der Waals surface area contributed by atoms with Crippen LogP contribution in [-0.4, -0.2) is 73.4 Å². The number of cyclic esters (lactones) is 1. The Bertz CT molecular complexity index is 491. The first-order valence-electron chi connectivity index (χ1n) is 8.27. The highest BCUT2D eigenvalue weighted by molar-refractivity contribution is 6.23. The molecule has 3 aliphatic heterocycles. The van der Waals surface area contributed by atoms with Gasteiger partial charge in [-0.3, -0.25) is 9.69 Å². The lowest BCUT2D eigenvalue weighted by Crippen LogP contribution is -2.37. The van der Waals surface area contributed by atoms with E-state index < -0.39 is 24.0 Å². The van der Waals surface area contributed by atoms with Crippen LogP contribution in [0.15, 0.2) is 11.3 Å². The first-order chi connectivity index (χ1) is 11.2. The summed E-state index contributed by atoms with van der Waals surface area (Å²) in [5, 5.41) is 10.1. The van der Waals surface area contributed by atoms with Crippen molar-refractivity contribution in [1.29, 1.82) is 0 Å². The molecule has 128 valence electrons. The van der Waals surface area contributed by atoms with Gasteiger partial charge >= 0.3 is 5.97 Å². The fourth-order valence-electron chi connectivity index (χ4n) is 3.20. The molecule has 3 fully saturated rings. The van der Waals surface area contributed by atoms with E-state index in [1.165, 1.54) is 0 Å². The summed E-state index contributed by atoms with van der Waals surface area (Å²) >= 11 is 0. The van der Waals surface area contributed by atoms with Gasteiger partial charge < -0.3 is 19.3 Å². The smallest absolute Gasteiger partial charge is 0.346 e. The van der Waals surface area contributed by atoms with E-state index in [0.717, 1.165) is 45.7 Å². The molecule has 7 nitrogen and oxygen atoms in total. The molecule has 3 rings (SSSR count). The molecule has 2 unspecified atom stereocenters. The number of carbonyl (C=O) groups is 2. The average Bonchev–Trinajstić information content (AvgIpc) is 3.17. The molecule has 0 aromatic rings. The Kier molecular flexibility index (Phi) is 5.30. The number of hydrogen-bond donors (Lipinski definition) is 1. The Labute approximate surface area is 135 Å². The normalized spacial score (nSPS) is 31.5. The summed E-state index contributed by atoms with van der Waals surface area (Å²) in [5.74, 6) is -1.39. The first kappa shape index (κ1) is 16.4. The lowest BCUT2D eigenvalue weighted by Gasteiger charge is -2.26. The van der Waals surface area contributed by atoms with Crippen LogP contribution in [0, 0.1) is 0 Å². The van der Waals surface area contributed by atoms with E-state index in [4.69, 9.17) is 14.2 Å². The maximum absolute atomic E-state index is 12.3. The molecule has 3 heterocycles. The van der Waals surface area contributed by atoms with E-state index in [-0.39, 0.29) is 11.3 Å². The third-order valence-electron chi connectivity index (χ3n) is 4.53. The van der Waals surface area contributed by atoms with E-state index in [9.17, 15) is 14.7 Å². The van der Waals surface area contributed by atoms with Gasteiger partial charge in [-0.2, -0.15) is 0 Å². The third-order valence-corrected chi connectivity index (χ3v) is 4.53. The highest BCUT2D eigenvalue weighted by Crippen LogP contribution is 2.27. The van der Waals surface area contributed by atoms with Gasteiger partial charge in [0.25, 0.3) is 0 Å². The summed E-state index contributed by atoms with van der Waals surface area (Å²) in [7, 11) is 0. The molecule has 7 heteroatoms. The minimum Gasteiger partial charge on any atom is -0.508 e. The molecule has 0 amide bonds. The van der Waals surface area contributed by atoms with Crippen molar-refractivity contribution >= 4 is 11.8 Å². The SMILES string of the molecule is O=C1OC(CCCN2CCOCC2)C(=O)C1=C(O)C1CCCO1. The number of ketones is 1. The van der Waals surface area contributed by atoms with Crippen LogP contribution in [-0.2, 0) is 23.8 Å². The average molecular weight is 325 g/mol. The fraction of sp³-hybridized carbons (Fsp3) is 0.750.